The van der Waals surface area contributed by atoms with Crippen molar-refractivity contribution in [1.82, 2.24) is 15.0 Å². The first-order valence-electron chi connectivity index (χ1n) is 5.95. The summed E-state index contributed by atoms with van der Waals surface area (Å²) in [6.45, 7) is 0. The van der Waals surface area contributed by atoms with Crippen molar-refractivity contribution in [1.29, 1.82) is 0 Å². The van der Waals surface area contributed by atoms with E-state index in [1.165, 1.54) is 25.1 Å². The third kappa shape index (κ3) is 2.27. The quantitative estimate of drug-likeness (QED) is 0.877. The Bertz CT molecular complexity index is 597. The van der Waals surface area contributed by atoms with Crippen LogP contribution in [-0.2, 0) is 7.05 Å². The molecule has 2 rings (SSSR count). The number of hydrogen-bond acceptors (Lipinski definition) is 6. The van der Waals surface area contributed by atoms with Gasteiger partial charge in [0.1, 0.15) is 6.10 Å². The molecule has 1 heterocycles. The Morgan fingerprint density at radius 3 is 2.30 bits per heavy atom. The largest absolute Gasteiger partial charge is 0.493 e. The molecule has 0 saturated carbocycles. The van der Waals surface area contributed by atoms with Crippen LogP contribution in [0.2, 0.25) is 0 Å². The number of aliphatic hydroxyl groups is 1. The van der Waals surface area contributed by atoms with Gasteiger partial charge in [0.25, 0.3) is 0 Å². The molecule has 0 saturated heterocycles. The molecular weight excluding hydrogens is 262 g/mol. The third-order valence-corrected chi connectivity index (χ3v) is 3.06. The Balaban J connectivity index is 2.54. The Labute approximate surface area is 116 Å². The van der Waals surface area contributed by atoms with E-state index in [1.807, 2.05) is 0 Å². The van der Waals surface area contributed by atoms with Gasteiger partial charge in [-0.25, -0.2) is 4.68 Å². The summed E-state index contributed by atoms with van der Waals surface area (Å²) in [7, 11) is 6.27. The molecular formula is C13H17N3O4. The zero-order chi connectivity index (χ0) is 14.7. The minimum atomic E-state index is -0.926. The fraction of sp³-hybridized carbons (Fsp3) is 0.385. The highest BCUT2D eigenvalue weighted by molar-refractivity contribution is 5.57. The van der Waals surface area contributed by atoms with Crippen molar-refractivity contribution in [2.24, 2.45) is 7.05 Å². The van der Waals surface area contributed by atoms with E-state index in [1.54, 1.807) is 26.3 Å². The molecule has 108 valence electrons. The average Bonchev–Trinajstić information content (AvgIpc) is 2.90. The maximum Gasteiger partial charge on any atom is 0.203 e. The Morgan fingerprint density at radius 1 is 1.10 bits per heavy atom. The fourth-order valence-corrected chi connectivity index (χ4v) is 2.04. The van der Waals surface area contributed by atoms with Gasteiger partial charge in [0.2, 0.25) is 5.75 Å². The van der Waals surface area contributed by atoms with Crippen LogP contribution in [0.25, 0.3) is 0 Å². The molecule has 2 aromatic rings. The van der Waals surface area contributed by atoms with Crippen molar-refractivity contribution in [2.75, 3.05) is 21.3 Å². The van der Waals surface area contributed by atoms with Crippen LogP contribution in [0.15, 0.2) is 18.3 Å². The van der Waals surface area contributed by atoms with Gasteiger partial charge in [0.05, 0.1) is 33.2 Å². The van der Waals surface area contributed by atoms with Gasteiger partial charge in [-0.2, -0.15) is 0 Å². The topological polar surface area (TPSA) is 78.6 Å². The molecule has 0 radical (unpaired) electrons. The Kier molecular flexibility index (Phi) is 4.09. The van der Waals surface area contributed by atoms with E-state index in [9.17, 15) is 5.11 Å². The van der Waals surface area contributed by atoms with Crippen LogP contribution >= 0.6 is 0 Å². The van der Waals surface area contributed by atoms with Crippen LogP contribution in [0.1, 0.15) is 17.4 Å². The highest BCUT2D eigenvalue weighted by atomic mass is 16.5. The monoisotopic (exact) mass is 279 g/mol. The van der Waals surface area contributed by atoms with Crippen LogP contribution in [0.4, 0.5) is 0 Å². The van der Waals surface area contributed by atoms with Gasteiger partial charge in [0.15, 0.2) is 11.5 Å². The highest BCUT2D eigenvalue weighted by Crippen LogP contribution is 2.43. The summed E-state index contributed by atoms with van der Waals surface area (Å²) in [4.78, 5) is 0. The van der Waals surface area contributed by atoms with Crippen molar-refractivity contribution in [3.05, 3.63) is 29.6 Å². The first-order chi connectivity index (χ1) is 9.63. The van der Waals surface area contributed by atoms with E-state index < -0.39 is 6.10 Å². The van der Waals surface area contributed by atoms with Crippen molar-refractivity contribution < 1.29 is 19.3 Å². The SMILES string of the molecule is COc1ccc(C(O)c2cnnn2C)c(OC)c1OC. The summed E-state index contributed by atoms with van der Waals surface area (Å²) in [5, 5.41) is 18.0. The number of rotatable bonds is 5. The summed E-state index contributed by atoms with van der Waals surface area (Å²) < 4.78 is 17.4. The molecule has 7 nitrogen and oxygen atoms in total. The number of methoxy groups -OCH3 is 3. The van der Waals surface area contributed by atoms with Crippen LogP contribution in [0, 0.1) is 0 Å². The number of ether oxygens (including phenoxy) is 3. The highest BCUT2D eigenvalue weighted by Gasteiger charge is 2.24. The molecule has 0 aliphatic heterocycles. The average molecular weight is 279 g/mol. The van der Waals surface area contributed by atoms with E-state index in [0.717, 1.165) is 0 Å². The Morgan fingerprint density at radius 2 is 1.80 bits per heavy atom. The lowest BCUT2D eigenvalue weighted by Crippen LogP contribution is -2.09. The van der Waals surface area contributed by atoms with Crippen LogP contribution in [0.3, 0.4) is 0 Å². The summed E-state index contributed by atoms with van der Waals surface area (Å²) >= 11 is 0. The first kappa shape index (κ1) is 14.1. The molecule has 20 heavy (non-hydrogen) atoms. The van der Waals surface area contributed by atoms with E-state index in [-0.39, 0.29) is 0 Å². The smallest absolute Gasteiger partial charge is 0.203 e. The normalized spacial score (nSPS) is 12.1. The lowest BCUT2D eigenvalue weighted by Gasteiger charge is -2.18. The molecule has 1 N–H and O–H groups in total. The number of nitrogens with zero attached hydrogens (tertiary/aromatic N) is 3. The molecule has 0 bridgehead atoms. The molecule has 0 spiro atoms. The van der Waals surface area contributed by atoms with Crippen molar-refractivity contribution in [3.8, 4) is 17.2 Å². The molecule has 1 atom stereocenters. The van der Waals surface area contributed by atoms with Gasteiger partial charge in [-0.15, -0.1) is 5.10 Å². The lowest BCUT2D eigenvalue weighted by molar-refractivity contribution is 0.202. The van der Waals surface area contributed by atoms with Crippen LogP contribution in [-0.4, -0.2) is 41.4 Å². The van der Waals surface area contributed by atoms with E-state index >= 15 is 0 Å². The van der Waals surface area contributed by atoms with Crippen molar-refractivity contribution in [3.63, 3.8) is 0 Å². The van der Waals surface area contributed by atoms with Gasteiger partial charge in [0, 0.05) is 12.6 Å². The van der Waals surface area contributed by atoms with E-state index in [0.29, 0.717) is 28.5 Å². The standard InChI is InChI=1S/C13H17N3O4/c1-16-9(7-14-15-16)11(17)8-5-6-10(18-2)13(20-4)12(8)19-3/h5-7,11,17H,1-4H3. The number of hydrogen-bond donors (Lipinski definition) is 1. The van der Waals surface area contributed by atoms with E-state index in [2.05, 4.69) is 10.3 Å². The predicted molar refractivity (Wildman–Crippen MR) is 71.2 cm³/mol. The number of benzene rings is 1. The zero-order valence-corrected chi connectivity index (χ0v) is 11.8. The summed E-state index contributed by atoms with van der Waals surface area (Å²) in [5.74, 6) is 1.38. The lowest BCUT2D eigenvalue weighted by atomic mass is 10.0. The van der Waals surface area contributed by atoms with E-state index in [4.69, 9.17) is 14.2 Å². The summed E-state index contributed by atoms with van der Waals surface area (Å²) in [6, 6.07) is 3.43. The van der Waals surface area contributed by atoms with Gasteiger partial charge in [-0.05, 0) is 12.1 Å². The van der Waals surface area contributed by atoms with Crippen LogP contribution < -0.4 is 14.2 Å². The van der Waals surface area contributed by atoms with Gasteiger partial charge in [-0.3, -0.25) is 0 Å². The number of aliphatic hydroxyl groups excluding tert-OH is 1. The van der Waals surface area contributed by atoms with Crippen molar-refractivity contribution in [2.45, 2.75) is 6.10 Å². The molecule has 1 aromatic carbocycles. The van der Waals surface area contributed by atoms with Gasteiger partial charge < -0.3 is 19.3 Å². The summed E-state index contributed by atoms with van der Waals surface area (Å²) in [5.41, 5.74) is 1.10. The fourth-order valence-electron chi connectivity index (χ4n) is 2.04. The maximum absolute atomic E-state index is 10.5. The van der Waals surface area contributed by atoms with Crippen LogP contribution in [0.5, 0.6) is 17.2 Å². The maximum atomic E-state index is 10.5. The molecule has 7 heteroatoms. The molecule has 0 aliphatic carbocycles. The first-order valence-corrected chi connectivity index (χ1v) is 5.95. The molecule has 0 aliphatic rings. The molecule has 0 fully saturated rings. The molecule has 0 amide bonds. The second-order valence-corrected chi connectivity index (χ2v) is 4.11. The second kappa shape index (κ2) is 5.79. The number of aromatic nitrogens is 3. The third-order valence-electron chi connectivity index (χ3n) is 3.06. The summed E-state index contributed by atoms with van der Waals surface area (Å²) in [6.07, 6.45) is 0.575. The van der Waals surface area contributed by atoms with Crippen molar-refractivity contribution >= 4 is 0 Å². The number of aryl methyl sites for hydroxylation is 1. The minimum absolute atomic E-state index is 0.417. The zero-order valence-electron chi connectivity index (χ0n) is 11.8. The van der Waals surface area contributed by atoms with Gasteiger partial charge >= 0.3 is 0 Å². The molecule has 1 aromatic heterocycles. The predicted octanol–water partition coefficient (Wildman–Crippen LogP) is 0.923. The minimum Gasteiger partial charge on any atom is -0.493 e. The Hall–Kier alpha value is -2.28. The molecule has 1 unspecified atom stereocenters. The van der Waals surface area contributed by atoms with Gasteiger partial charge in [-0.1, -0.05) is 5.21 Å². The second-order valence-electron chi connectivity index (χ2n) is 4.11.